The van der Waals surface area contributed by atoms with Gasteiger partial charge in [-0.25, -0.2) is 19.1 Å². The molecule has 66 heavy (non-hydrogen) atoms. The fourth-order valence-electron chi connectivity index (χ4n) is 5.17. The summed E-state index contributed by atoms with van der Waals surface area (Å²) in [5, 5.41) is 15.2. The smallest absolute Gasteiger partial charge is 0.339 e. The Bertz CT molecular complexity index is 2170. The van der Waals surface area contributed by atoms with E-state index in [1.807, 2.05) is 71.4 Å². The lowest BCUT2D eigenvalue weighted by molar-refractivity contribution is -0.174. The number of carbonyl (C=O) groups excluding carboxylic acids is 5. The van der Waals surface area contributed by atoms with Gasteiger partial charge in [-0.1, -0.05) is 66.7 Å². The zero-order valence-electron chi connectivity index (χ0n) is 36.2. The number of ether oxygens (including phenoxy) is 5. The fraction of sp³-hybridized carbons (Fsp3) is 0.370. The first-order valence-corrected chi connectivity index (χ1v) is 21.8. The van der Waals surface area contributed by atoms with Crippen LogP contribution in [0.1, 0.15) is 57.4 Å². The molecule has 0 bridgehead atoms. The number of aliphatic carboxylic acids is 1. The number of hydrogen-bond acceptors (Lipinski definition) is 14. The number of anilines is 1. The van der Waals surface area contributed by atoms with E-state index < -0.39 is 35.8 Å². The number of esters is 2. The summed E-state index contributed by atoms with van der Waals surface area (Å²) in [4.78, 5) is 63.9. The summed E-state index contributed by atoms with van der Waals surface area (Å²) < 4.78 is 50.2. The Kier molecular flexibility index (Phi) is 29.5. The van der Waals surface area contributed by atoms with E-state index in [1.165, 1.54) is 19.9 Å². The number of ketones is 2. The first-order chi connectivity index (χ1) is 31.2. The lowest BCUT2D eigenvalue weighted by Gasteiger charge is -2.11. The van der Waals surface area contributed by atoms with Crippen molar-refractivity contribution in [2.24, 2.45) is 0 Å². The molecule has 3 aromatic carbocycles. The third kappa shape index (κ3) is 25.0. The van der Waals surface area contributed by atoms with E-state index in [9.17, 15) is 37.5 Å². The highest BCUT2D eigenvalue weighted by atomic mass is 79.9. The minimum atomic E-state index is -2.40. The maximum Gasteiger partial charge on any atom is 0.339 e. The van der Waals surface area contributed by atoms with Crippen LogP contribution < -0.4 is 10.0 Å². The van der Waals surface area contributed by atoms with Crippen molar-refractivity contribution in [1.82, 2.24) is 15.1 Å². The van der Waals surface area contributed by atoms with Gasteiger partial charge in [0.05, 0.1) is 17.1 Å². The van der Waals surface area contributed by atoms with Crippen molar-refractivity contribution in [2.45, 2.75) is 53.4 Å². The Morgan fingerprint density at radius 2 is 1.44 bits per heavy atom. The first kappa shape index (κ1) is 58.1. The predicted octanol–water partition coefficient (Wildman–Crippen LogP) is 5.20. The van der Waals surface area contributed by atoms with Crippen molar-refractivity contribution in [3.05, 3.63) is 100 Å². The molecule has 0 saturated carbocycles. The summed E-state index contributed by atoms with van der Waals surface area (Å²) in [5.74, 6) is -0.483. The summed E-state index contributed by atoms with van der Waals surface area (Å²) in [6.07, 6.45) is 8.38. The van der Waals surface area contributed by atoms with Crippen molar-refractivity contribution in [2.75, 3.05) is 64.6 Å². The Labute approximate surface area is 395 Å². The Morgan fingerprint density at radius 1 is 0.879 bits per heavy atom. The number of likely N-dealkylation sites (N-methyl/N-ethyl adjacent to an activating group) is 1. The lowest BCUT2D eigenvalue weighted by Crippen LogP contribution is -2.28. The van der Waals surface area contributed by atoms with Gasteiger partial charge in [0.15, 0.2) is 11.6 Å². The van der Waals surface area contributed by atoms with E-state index in [0.29, 0.717) is 18.5 Å². The maximum atomic E-state index is 12.2. The minimum absolute atomic E-state index is 0. The zero-order chi connectivity index (χ0) is 48.0. The number of benzene rings is 3. The number of carbonyl (C=O) groups is 6. The molecule has 358 valence electrons. The standard InChI is InChI=1S/C29H28BrN3O5S.C5H9NO4.C4H4O4.C4H8O.C3H4.CH4/c1-2-27(34)18-38-19-28(35)16-21-5-3-20(4-6-21)15-25-17-29(22-7-9-23(30)10-8-22)33(31-25)26-13-11-24(12-14-26)32-39(36)37;1-6-4(7)2-10-3-5(8)9;5-3-1-7-2-4(6)8-3;1-2-4-5-3-1;1-3-2;/h3-14,17,32H,2,15-16,18-19H2,1H3,(H,36,37);2-3H2,1H3,(H,6,7)(H,8,9);1-2H2;1-4H2;1H,2H3;1H4/p-1. The monoisotopic (exact) mass is 999 g/mol. The van der Waals surface area contributed by atoms with Gasteiger partial charge in [0.25, 0.3) is 0 Å². The molecular formula is C46H56BrN4O14S-. The number of Topliss-reactive ketones (excluding diaryl/α,β-unsaturated/α-hetero) is 2. The van der Waals surface area contributed by atoms with E-state index in [4.69, 9.17) is 19.7 Å². The van der Waals surface area contributed by atoms with Gasteiger partial charge in [-0.15, -0.1) is 12.3 Å². The van der Waals surface area contributed by atoms with Crippen LogP contribution in [0.5, 0.6) is 0 Å². The molecule has 1 unspecified atom stereocenters. The minimum Gasteiger partial charge on any atom is -0.755 e. The summed E-state index contributed by atoms with van der Waals surface area (Å²) in [6, 6.07) is 24.8. The molecule has 2 aliphatic rings. The van der Waals surface area contributed by atoms with Gasteiger partial charge in [-0.3, -0.25) is 18.6 Å². The van der Waals surface area contributed by atoms with E-state index in [1.54, 1.807) is 26.0 Å². The van der Waals surface area contributed by atoms with Crippen molar-refractivity contribution in [3.63, 3.8) is 0 Å². The summed E-state index contributed by atoms with van der Waals surface area (Å²) in [5.41, 5.74) is 5.91. The molecule has 1 amide bonds. The normalized spacial score (nSPS) is 12.7. The highest BCUT2D eigenvalue weighted by molar-refractivity contribution is 9.10. The van der Waals surface area contributed by atoms with Crippen molar-refractivity contribution in [1.29, 1.82) is 0 Å². The lowest BCUT2D eigenvalue weighted by atomic mass is 10.0. The van der Waals surface area contributed by atoms with Gasteiger partial charge in [-0.05, 0) is 73.4 Å². The molecule has 20 heteroatoms. The number of cyclic esters (lactones) is 2. The van der Waals surface area contributed by atoms with Gasteiger partial charge in [0, 0.05) is 66.5 Å². The predicted molar refractivity (Wildman–Crippen MR) is 249 cm³/mol. The van der Waals surface area contributed by atoms with Crippen LogP contribution in [-0.2, 0) is 76.6 Å². The Hall–Kier alpha value is -5.92. The quantitative estimate of drug-likeness (QED) is 0.0532. The molecule has 2 aliphatic heterocycles. The molecule has 0 aliphatic carbocycles. The van der Waals surface area contributed by atoms with Gasteiger partial charge < -0.3 is 43.4 Å². The molecule has 1 atom stereocenters. The van der Waals surface area contributed by atoms with Crippen LogP contribution in [0.2, 0.25) is 0 Å². The number of carboxylic acids is 1. The molecule has 18 nitrogen and oxygen atoms in total. The number of terminal acetylenes is 1. The van der Waals surface area contributed by atoms with Crippen LogP contribution in [0.3, 0.4) is 0 Å². The zero-order valence-corrected chi connectivity index (χ0v) is 38.6. The van der Waals surface area contributed by atoms with Crippen LogP contribution >= 0.6 is 15.9 Å². The highest BCUT2D eigenvalue weighted by Crippen LogP contribution is 2.27. The van der Waals surface area contributed by atoms with Gasteiger partial charge in [0.2, 0.25) is 5.91 Å². The van der Waals surface area contributed by atoms with Gasteiger partial charge >= 0.3 is 17.9 Å². The number of amides is 1. The highest BCUT2D eigenvalue weighted by Gasteiger charge is 2.17. The second-order valence-corrected chi connectivity index (χ2v) is 15.0. The van der Waals surface area contributed by atoms with E-state index in [0.717, 1.165) is 51.5 Å². The second-order valence-electron chi connectivity index (χ2n) is 13.4. The number of nitrogens with one attached hydrogen (secondary N) is 2. The summed E-state index contributed by atoms with van der Waals surface area (Å²) in [6.45, 7) is 4.46. The van der Waals surface area contributed by atoms with Crippen molar-refractivity contribution < 1.29 is 66.3 Å². The molecule has 2 saturated heterocycles. The first-order valence-electron chi connectivity index (χ1n) is 19.9. The van der Waals surface area contributed by atoms with Crippen LogP contribution in [0, 0.1) is 12.3 Å². The van der Waals surface area contributed by atoms with Crippen molar-refractivity contribution in [3.8, 4) is 29.3 Å². The van der Waals surface area contributed by atoms with Gasteiger partial charge in [-0.2, -0.15) is 5.10 Å². The average Bonchev–Trinajstić information content (AvgIpc) is 4.00. The molecule has 3 N–H and O–H groups in total. The molecule has 6 rings (SSSR count). The maximum absolute atomic E-state index is 12.2. The van der Waals surface area contributed by atoms with Gasteiger partial charge in [0.1, 0.15) is 39.6 Å². The second kappa shape index (κ2) is 33.5. The van der Waals surface area contributed by atoms with E-state index in [2.05, 4.69) is 52.5 Å². The number of carboxylic acid groups (broad SMARTS) is 1. The molecule has 4 aromatic rings. The van der Waals surface area contributed by atoms with Crippen LogP contribution in [0.4, 0.5) is 5.69 Å². The number of nitrogens with zero attached hydrogens (tertiary/aromatic N) is 2. The Balaban J connectivity index is 0.000000649. The summed E-state index contributed by atoms with van der Waals surface area (Å²) in [7, 11) is 1.45. The topological polar surface area (TPSA) is 251 Å². The van der Waals surface area contributed by atoms with E-state index in [-0.39, 0.29) is 64.4 Å². The molecule has 1 aromatic heterocycles. The average molecular weight is 1000 g/mol. The molecule has 3 heterocycles. The molecular weight excluding hydrogens is 944 g/mol. The number of hydrogen-bond donors (Lipinski definition) is 3. The largest absolute Gasteiger partial charge is 0.755 e. The van der Waals surface area contributed by atoms with Crippen LogP contribution in [-0.4, -0.2) is 119 Å². The van der Waals surface area contributed by atoms with Crippen LogP contribution in [0.15, 0.2) is 83.3 Å². The molecule has 0 spiro atoms. The number of rotatable bonds is 17. The number of halogens is 1. The third-order valence-electron chi connectivity index (χ3n) is 8.18. The molecule has 2 fully saturated rings. The summed E-state index contributed by atoms with van der Waals surface area (Å²) >= 11 is 1.08. The number of aromatic nitrogens is 2. The van der Waals surface area contributed by atoms with Crippen LogP contribution in [0.25, 0.3) is 16.9 Å². The van der Waals surface area contributed by atoms with Crippen molar-refractivity contribution >= 4 is 68.3 Å². The third-order valence-corrected chi connectivity index (χ3v) is 9.11. The molecule has 0 radical (unpaired) electrons. The Morgan fingerprint density at radius 3 is 1.92 bits per heavy atom. The fourth-order valence-corrected chi connectivity index (χ4v) is 5.76. The SMILES string of the molecule is C.C#CC.C1CCOC1.CCC(=O)COCC(=O)Cc1ccc(Cc2cc(-c3ccc(Br)cc3)n(-c3ccc(NS(=O)[O-])cc3)n2)cc1.CNC(=O)COCC(=O)O.O=C1COCC(=O)O1. The van der Waals surface area contributed by atoms with E-state index >= 15 is 0 Å².